The lowest BCUT2D eigenvalue weighted by molar-refractivity contribution is -0.110. The van der Waals surface area contributed by atoms with Crippen molar-refractivity contribution in [2.75, 3.05) is 0 Å². The normalized spacial score (nSPS) is 35.6. The molecule has 1 aliphatic rings. The van der Waals surface area contributed by atoms with E-state index in [2.05, 4.69) is 13.0 Å². The van der Waals surface area contributed by atoms with Crippen molar-refractivity contribution in [3.05, 3.63) is 12.2 Å². The quantitative estimate of drug-likeness (QED) is 0.368. The molecule has 8 heavy (non-hydrogen) atoms. The molecule has 1 rings (SSSR count). The zero-order chi connectivity index (χ0) is 5.98. The van der Waals surface area contributed by atoms with Gasteiger partial charge in [-0.25, -0.2) is 0 Å². The van der Waals surface area contributed by atoms with E-state index in [-0.39, 0.29) is 5.92 Å². The van der Waals surface area contributed by atoms with Gasteiger partial charge in [0.1, 0.15) is 6.29 Å². The molecular formula is C7H10O. The van der Waals surface area contributed by atoms with Crippen LogP contribution < -0.4 is 0 Å². The first-order chi connectivity index (χ1) is 3.84. The second-order valence-corrected chi connectivity index (χ2v) is 2.35. The van der Waals surface area contributed by atoms with Crippen molar-refractivity contribution in [3.63, 3.8) is 0 Å². The van der Waals surface area contributed by atoms with Gasteiger partial charge in [-0.05, 0) is 12.3 Å². The summed E-state index contributed by atoms with van der Waals surface area (Å²) in [5, 5.41) is 0. The lowest BCUT2D eigenvalue weighted by Crippen LogP contribution is -2.03. The molecule has 0 aromatic heterocycles. The summed E-state index contributed by atoms with van der Waals surface area (Å²) >= 11 is 0. The van der Waals surface area contributed by atoms with Crippen molar-refractivity contribution in [1.29, 1.82) is 0 Å². The van der Waals surface area contributed by atoms with Crippen LogP contribution in [0, 0.1) is 11.8 Å². The molecule has 1 nitrogen and oxygen atoms in total. The van der Waals surface area contributed by atoms with Gasteiger partial charge in [-0.15, -0.1) is 0 Å². The van der Waals surface area contributed by atoms with Crippen molar-refractivity contribution >= 4 is 6.29 Å². The highest BCUT2D eigenvalue weighted by Crippen LogP contribution is 2.21. The third-order valence-corrected chi connectivity index (χ3v) is 1.68. The molecule has 0 fully saturated rings. The highest BCUT2D eigenvalue weighted by Gasteiger charge is 2.15. The Balaban J connectivity index is 2.52. The van der Waals surface area contributed by atoms with Crippen molar-refractivity contribution in [3.8, 4) is 0 Å². The van der Waals surface area contributed by atoms with Crippen LogP contribution in [-0.2, 0) is 4.79 Å². The number of carbonyl (C=O) groups excluding carboxylic acids is 1. The zero-order valence-electron chi connectivity index (χ0n) is 5.00. The van der Waals surface area contributed by atoms with Gasteiger partial charge in [0.25, 0.3) is 0 Å². The minimum absolute atomic E-state index is 0.204. The Hall–Kier alpha value is -0.590. The van der Waals surface area contributed by atoms with Crippen LogP contribution in [0.15, 0.2) is 12.2 Å². The van der Waals surface area contributed by atoms with Crippen LogP contribution in [0.25, 0.3) is 0 Å². The highest BCUT2D eigenvalue weighted by atomic mass is 16.1. The maximum Gasteiger partial charge on any atom is 0.127 e. The second-order valence-electron chi connectivity index (χ2n) is 2.35. The van der Waals surface area contributed by atoms with E-state index in [4.69, 9.17) is 0 Å². The average Bonchev–Trinajstić information content (AvgIpc) is 2.14. The van der Waals surface area contributed by atoms with Gasteiger partial charge in [-0.3, -0.25) is 0 Å². The maximum atomic E-state index is 10.2. The second kappa shape index (κ2) is 2.12. The molecule has 1 heteroatoms. The van der Waals surface area contributed by atoms with Gasteiger partial charge >= 0.3 is 0 Å². The van der Waals surface area contributed by atoms with Crippen LogP contribution in [0.4, 0.5) is 0 Å². The van der Waals surface area contributed by atoms with Crippen LogP contribution in [0.5, 0.6) is 0 Å². The zero-order valence-corrected chi connectivity index (χ0v) is 5.00. The van der Waals surface area contributed by atoms with Gasteiger partial charge < -0.3 is 4.79 Å². The summed E-state index contributed by atoms with van der Waals surface area (Å²) in [4.78, 5) is 10.2. The topological polar surface area (TPSA) is 17.1 Å². The number of allylic oxidation sites excluding steroid dienone is 2. The Morgan fingerprint density at radius 1 is 1.75 bits per heavy atom. The number of hydrogen-bond donors (Lipinski definition) is 0. The summed E-state index contributed by atoms with van der Waals surface area (Å²) in [6.45, 7) is 2.10. The standard InChI is InChI=1S/C7H10O/c1-6-3-2-4-7(6)5-8/h2,4-7H,3H2,1H3/t6-,7-/m1/s1. The molecule has 0 amide bonds. The van der Waals surface area contributed by atoms with E-state index in [0.717, 1.165) is 12.7 Å². The molecular weight excluding hydrogens is 100 g/mol. The minimum atomic E-state index is 0.204. The maximum absolute atomic E-state index is 10.2. The van der Waals surface area contributed by atoms with Gasteiger partial charge in [0.2, 0.25) is 0 Å². The summed E-state index contributed by atoms with van der Waals surface area (Å²) in [6.07, 6.45) is 6.15. The fourth-order valence-corrected chi connectivity index (χ4v) is 0.977. The lowest BCUT2D eigenvalue weighted by atomic mass is 10.00. The van der Waals surface area contributed by atoms with E-state index in [0.29, 0.717) is 5.92 Å². The molecule has 0 aromatic carbocycles. The van der Waals surface area contributed by atoms with E-state index in [9.17, 15) is 4.79 Å². The molecule has 0 N–H and O–H groups in total. The van der Waals surface area contributed by atoms with Crippen molar-refractivity contribution in [2.24, 2.45) is 11.8 Å². The number of rotatable bonds is 1. The molecule has 1 aliphatic carbocycles. The first kappa shape index (κ1) is 5.54. The van der Waals surface area contributed by atoms with Gasteiger partial charge in [0.05, 0.1) is 0 Å². The fourth-order valence-electron chi connectivity index (χ4n) is 0.977. The van der Waals surface area contributed by atoms with Crippen LogP contribution in [0.3, 0.4) is 0 Å². The summed E-state index contributed by atoms with van der Waals surface area (Å²) in [6, 6.07) is 0. The highest BCUT2D eigenvalue weighted by molar-refractivity contribution is 5.58. The van der Waals surface area contributed by atoms with Crippen molar-refractivity contribution in [1.82, 2.24) is 0 Å². The fraction of sp³-hybridized carbons (Fsp3) is 0.571. The SMILES string of the molecule is C[C@@H]1CC=C[C@@H]1C=O. The van der Waals surface area contributed by atoms with Gasteiger partial charge in [-0.2, -0.15) is 0 Å². The van der Waals surface area contributed by atoms with Gasteiger partial charge in [0.15, 0.2) is 0 Å². The van der Waals surface area contributed by atoms with Crippen LogP contribution in [0.1, 0.15) is 13.3 Å². The predicted octanol–water partition coefficient (Wildman–Crippen LogP) is 1.40. The van der Waals surface area contributed by atoms with Crippen LogP contribution in [-0.4, -0.2) is 6.29 Å². The largest absolute Gasteiger partial charge is 0.303 e. The van der Waals surface area contributed by atoms with Gasteiger partial charge in [0, 0.05) is 5.92 Å². The molecule has 0 saturated carbocycles. The number of aldehydes is 1. The monoisotopic (exact) mass is 110 g/mol. The Morgan fingerprint density at radius 3 is 2.75 bits per heavy atom. The van der Waals surface area contributed by atoms with E-state index in [1.54, 1.807) is 0 Å². The third kappa shape index (κ3) is 0.808. The summed E-state index contributed by atoms with van der Waals surface area (Å²) in [5.41, 5.74) is 0. The van der Waals surface area contributed by atoms with Crippen LogP contribution in [0.2, 0.25) is 0 Å². The number of carbonyl (C=O) groups is 1. The smallest absolute Gasteiger partial charge is 0.127 e. The lowest BCUT2D eigenvalue weighted by Gasteiger charge is -2.03. The minimum Gasteiger partial charge on any atom is -0.303 e. The molecule has 0 spiro atoms. The van der Waals surface area contributed by atoms with Crippen molar-refractivity contribution < 1.29 is 4.79 Å². The van der Waals surface area contributed by atoms with Crippen LogP contribution >= 0.6 is 0 Å². The Labute approximate surface area is 49.4 Å². The Kier molecular flexibility index (Phi) is 1.47. The van der Waals surface area contributed by atoms with E-state index in [1.165, 1.54) is 0 Å². The summed E-state index contributed by atoms with van der Waals surface area (Å²) in [5.74, 6) is 0.752. The Morgan fingerprint density at radius 2 is 2.50 bits per heavy atom. The van der Waals surface area contributed by atoms with E-state index in [1.807, 2.05) is 6.08 Å². The molecule has 0 radical (unpaired) electrons. The third-order valence-electron chi connectivity index (χ3n) is 1.68. The molecule has 2 atom stereocenters. The molecule has 0 heterocycles. The molecule has 0 aliphatic heterocycles. The van der Waals surface area contributed by atoms with Crippen molar-refractivity contribution in [2.45, 2.75) is 13.3 Å². The molecule has 0 bridgehead atoms. The molecule has 0 aromatic rings. The first-order valence-electron chi connectivity index (χ1n) is 2.96. The average molecular weight is 110 g/mol. The summed E-state index contributed by atoms with van der Waals surface area (Å²) in [7, 11) is 0. The Bertz CT molecular complexity index is 116. The first-order valence-corrected chi connectivity index (χ1v) is 2.96. The number of hydrogen-bond acceptors (Lipinski definition) is 1. The molecule has 44 valence electrons. The molecule has 0 unspecified atom stereocenters. The predicted molar refractivity (Wildman–Crippen MR) is 32.5 cm³/mol. The molecule has 0 saturated heterocycles. The van der Waals surface area contributed by atoms with E-state index < -0.39 is 0 Å². The van der Waals surface area contributed by atoms with E-state index >= 15 is 0 Å². The summed E-state index contributed by atoms with van der Waals surface area (Å²) < 4.78 is 0. The van der Waals surface area contributed by atoms with Gasteiger partial charge in [-0.1, -0.05) is 19.1 Å².